The van der Waals surface area contributed by atoms with Crippen LogP contribution in [-0.2, 0) is 16.0 Å². The lowest BCUT2D eigenvalue weighted by Gasteiger charge is -2.15. The first-order chi connectivity index (χ1) is 9.65. The zero-order valence-corrected chi connectivity index (χ0v) is 12.0. The van der Waals surface area contributed by atoms with Gasteiger partial charge in [-0.05, 0) is 25.3 Å². The van der Waals surface area contributed by atoms with Gasteiger partial charge >= 0.3 is 0 Å². The second-order valence-electron chi connectivity index (χ2n) is 5.35. The van der Waals surface area contributed by atoms with Crippen molar-refractivity contribution >= 4 is 11.8 Å². The average Bonchev–Trinajstić information content (AvgIpc) is 2.95. The van der Waals surface area contributed by atoms with E-state index in [-0.39, 0.29) is 11.8 Å². The molecule has 1 aromatic rings. The first-order valence-electron chi connectivity index (χ1n) is 7.25. The van der Waals surface area contributed by atoms with Gasteiger partial charge in [0.1, 0.15) is 0 Å². The number of aryl methyl sites for hydroxylation is 1. The zero-order valence-electron chi connectivity index (χ0n) is 12.0. The van der Waals surface area contributed by atoms with E-state index in [1.54, 1.807) is 0 Å². The topological polar surface area (TPSA) is 49.4 Å². The zero-order chi connectivity index (χ0) is 14.4. The molecule has 20 heavy (non-hydrogen) atoms. The lowest BCUT2D eigenvalue weighted by Crippen LogP contribution is -2.33. The Morgan fingerprint density at radius 2 is 1.80 bits per heavy atom. The van der Waals surface area contributed by atoms with Gasteiger partial charge in [-0.1, -0.05) is 29.8 Å². The molecule has 0 spiro atoms. The molecule has 2 amide bonds. The predicted octanol–water partition coefficient (Wildman–Crippen LogP) is 1.67. The number of hydrogen-bond donors (Lipinski definition) is 1. The van der Waals surface area contributed by atoms with Gasteiger partial charge in [0, 0.05) is 26.1 Å². The van der Waals surface area contributed by atoms with E-state index >= 15 is 0 Å². The van der Waals surface area contributed by atoms with Crippen LogP contribution in [0.15, 0.2) is 24.3 Å². The summed E-state index contributed by atoms with van der Waals surface area (Å²) < 4.78 is 0. The molecule has 0 atom stereocenters. The summed E-state index contributed by atoms with van der Waals surface area (Å²) in [6, 6.07) is 7.92. The maximum Gasteiger partial charge on any atom is 0.224 e. The molecule has 1 aliphatic rings. The molecule has 0 saturated carbocycles. The van der Waals surface area contributed by atoms with E-state index in [0.29, 0.717) is 19.4 Å². The number of carbonyl (C=O) groups excluding carboxylic acids is 2. The van der Waals surface area contributed by atoms with Gasteiger partial charge in [0.05, 0.1) is 6.42 Å². The lowest BCUT2D eigenvalue weighted by molar-refractivity contribution is -0.130. The maximum atomic E-state index is 11.8. The molecule has 108 valence electrons. The molecule has 0 aromatic heterocycles. The molecule has 4 heteroatoms. The van der Waals surface area contributed by atoms with Crippen molar-refractivity contribution in [2.75, 3.05) is 19.6 Å². The van der Waals surface area contributed by atoms with Crippen LogP contribution in [0.4, 0.5) is 0 Å². The van der Waals surface area contributed by atoms with Crippen LogP contribution in [0.3, 0.4) is 0 Å². The maximum absolute atomic E-state index is 11.8. The van der Waals surface area contributed by atoms with Crippen molar-refractivity contribution in [1.82, 2.24) is 10.2 Å². The lowest BCUT2D eigenvalue weighted by atomic mass is 10.1. The summed E-state index contributed by atoms with van der Waals surface area (Å²) in [7, 11) is 0. The normalized spacial score (nSPS) is 14.3. The van der Waals surface area contributed by atoms with E-state index in [0.717, 1.165) is 31.5 Å². The smallest absolute Gasteiger partial charge is 0.224 e. The highest BCUT2D eigenvalue weighted by atomic mass is 16.2. The summed E-state index contributed by atoms with van der Waals surface area (Å²) in [6.07, 6.45) is 2.98. The summed E-state index contributed by atoms with van der Waals surface area (Å²) in [6.45, 7) is 4.19. The minimum Gasteiger partial charge on any atom is -0.355 e. The van der Waals surface area contributed by atoms with Crippen molar-refractivity contribution in [3.63, 3.8) is 0 Å². The fraction of sp³-hybridized carbons (Fsp3) is 0.500. The van der Waals surface area contributed by atoms with Crippen LogP contribution < -0.4 is 5.32 Å². The Morgan fingerprint density at radius 1 is 1.15 bits per heavy atom. The molecular weight excluding hydrogens is 252 g/mol. The highest BCUT2D eigenvalue weighted by Crippen LogP contribution is 2.08. The van der Waals surface area contributed by atoms with Crippen LogP contribution in [0.2, 0.25) is 0 Å². The summed E-state index contributed by atoms with van der Waals surface area (Å²) in [5.74, 6) is 0.126. The Hall–Kier alpha value is -1.84. The first kappa shape index (κ1) is 14.6. The van der Waals surface area contributed by atoms with Crippen molar-refractivity contribution < 1.29 is 9.59 Å². The van der Waals surface area contributed by atoms with Gasteiger partial charge in [-0.2, -0.15) is 0 Å². The van der Waals surface area contributed by atoms with E-state index in [4.69, 9.17) is 0 Å². The standard InChI is InChI=1S/C16H22N2O2/c1-13-4-6-14(7-5-13)12-15(19)17-9-8-16(20)18-10-2-3-11-18/h4-7H,2-3,8-12H2,1H3,(H,17,19). The Bertz CT molecular complexity index is 462. The van der Waals surface area contributed by atoms with Crippen molar-refractivity contribution in [3.8, 4) is 0 Å². The van der Waals surface area contributed by atoms with Crippen molar-refractivity contribution in [2.45, 2.75) is 32.6 Å². The van der Waals surface area contributed by atoms with Gasteiger partial charge < -0.3 is 10.2 Å². The Morgan fingerprint density at radius 3 is 2.45 bits per heavy atom. The van der Waals surface area contributed by atoms with Gasteiger partial charge in [-0.3, -0.25) is 9.59 Å². The number of carbonyl (C=O) groups is 2. The summed E-state index contributed by atoms with van der Waals surface area (Å²) >= 11 is 0. The molecule has 0 aliphatic carbocycles. The van der Waals surface area contributed by atoms with Gasteiger partial charge in [0.15, 0.2) is 0 Å². The van der Waals surface area contributed by atoms with Crippen molar-refractivity contribution in [2.24, 2.45) is 0 Å². The van der Waals surface area contributed by atoms with Gasteiger partial charge in [0.25, 0.3) is 0 Å². The quantitative estimate of drug-likeness (QED) is 0.888. The van der Waals surface area contributed by atoms with Crippen LogP contribution in [0, 0.1) is 6.92 Å². The third-order valence-corrected chi connectivity index (χ3v) is 3.61. The Balaban J connectivity index is 1.67. The fourth-order valence-electron chi connectivity index (χ4n) is 2.39. The van der Waals surface area contributed by atoms with Gasteiger partial charge in [-0.25, -0.2) is 0 Å². The molecular formula is C16H22N2O2. The summed E-state index contributed by atoms with van der Waals surface area (Å²) in [5.41, 5.74) is 2.18. The minimum absolute atomic E-state index is 0.0249. The van der Waals surface area contributed by atoms with Gasteiger partial charge in [0.2, 0.25) is 11.8 Å². The Labute approximate surface area is 120 Å². The minimum atomic E-state index is -0.0249. The van der Waals surface area contributed by atoms with Crippen molar-refractivity contribution in [1.29, 1.82) is 0 Å². The fourth-order valence-corrected chi connectivity index (χ4v) is 2.39. The molecule has 1 aliphatic heterocycles. The summed E-state index contributed by atoms with van der Waals surface area (Å²) in [4.78, 5) is 25.4. The van der Waals surface area contributed by atoms with E-state index in [1.165, 1.54) is 5.56 Å². The number of benzene rings is 1. The van der Waals surface area contributed by atoms with E-state index in [1.807, 2.05) is 36.1 Å². The molecule has 1 N–H and O–H groups in total. The number of amides is 2. The second kappa shape index (κ2) is 7.08. The molecule has 1 fully saturated rings. The molecule has 1 heterocycles. The van der Waals surface area contributed by atoms with Crippen LogP contribution in [0.25, 0.3) is 0 Å². The first-order valence-corrected chi connectivity index (χ1v) is 7.25. The third kappa shape index (κ3) is 4.37. The number of rotatable bonds is 5. The molecule has 0 unspecified atom stereocenters. The van der Waals surface area contributed by atoms with Crippen LogP contribution in [0.5, 0.6) is 0 Å². The van der Waals surface area contributed by atoms with Crippen LogP contribution >= 0.6 is 0 Å². The molecule has 1 aromatic carbocycles. The molecule has 0 radical (unpaired) electrons. The number of nitrogens with zero attached hydrogens (tertiary/aromatic N) is 1. The van der Waals surface area contributed by atoms with Crippen LogP contribution in [0.1, 0.15) is 30.4 Å². The highest BCUT2D eigenvalue weighted by molar-refractivity contribution is 5.80. The largest absolute Gasteiger partial charge is 0.355 e. The monoisotopic (exact) mass is 274 g/mol. The third-order valence-electron chi connectivity index (χ3n) is 3.61. The average molecular weight is 274 g/mol. The van der Waals surface area contributed by atoms with Crippen LogP contribution in [-0.4, -0.2) is 36.3 Å². The van der Waals surface area contributed by atoms with E-state index in [9.17, 15) is 9.59 Å². The SMILES string of the molecule is Cc1ccc(CC(=O)NCCC(=O)N2CCCC2)cc1. The van der Waals surface area contributed by atoms with E-state index in [2.05, 4.69) is 5.32 Å². The number of hydrogen-bond acceptors (Lipinski definition) is 2. The number of nitrogens with one attached hydrogen (secondary N) is 1. The molecule has 1 saturated heterocycles. The highest BCUT2D eigenvalue weighted by Gasteiger charge is 2.17. The molecule has 2 rings (SSSR count). The van der Waals surface area contributed by atoms with E-state index < -0.39 is 0 Å². The predicted molar refractivity (Wildman–Crippen MR) is 78.3 cm³/mol. The Kier molecular flexibility index (Phi) is 5.16. The van der Waals surface area contributed by atoms with Crippen molar-refractivity contribution in [3.05, 3.63) is 35.4 Å². The molecule has 0 bridgehead atoms. The second-order valence-corrected chi connectivity index (χ2v) is 5.35. The summed E-state index contributed by atoms with van der Waals surface area (Å²) in [5, 5.41) is 2.81. The van der Waals surface area contributed by atoms with Gasteiger partial charge in [-0.15, -0.1) is 0 Å². The number of likely N-dealkylation sites (tertiary alicyclic amines) is 1. The molecule has 4 nitrogen and oxygen atoms in total.